The van der Waals surface area contributed by atoms with Crippen LogP contribution in [0.4, 0.5) is 4.79 Å². The topological polar surface area (TPSA) is 107 Å². The van der Waals surface area contributed by atoms with Crippen LogP contribution in [-0.4, -0.2) is 33.6 Å². The second kappa shape index (κ2) is 6.93. The van der Waals surface area contributed by atoms with E-state index >= 15 is 0 Å². The Kier molecular flexibility index (Phi) is 4.97. The molecule has 1 aromatic rings. The number of hydrogen-bond donors (Lipinski definition) is 4. The second-order valence-corrected chi connectivity index (χ2v) is 5.16. The molecule has 4 N–H and O–H groups in total. The van der Waals surface area contributed by atoms with Crippen molar-refractivity contribution in [2.24, 2.45) is 11.8 Å². The number of carbonyl (C=O) groups is 2. The Labute approximate surface area is 117 Å². The van der Waals surface area contributed by atoms with Gasteiger partial charge in [0, 0.05) is 18.9 Å². The van der Waals surface area contributed by atoms with E-state index in [9.17, 15) is 9.59 Å². The fourth-order valence-electron chi connectivity index (χ4n) is 2.47. The largest absolute Gasteiger partial charge is 0.481 e. The molecule has 1 saturated carbocycles. The first-order chi connectivity index (χ1) is 9.65. The van der Waals surface area contributed by atoms with Gasteiger partial charge in [-0.25, -0.2) is 9.78 Å². The maximum atomic E-state index is 11.6. The molecule has 0 atom stereocenters. The number of aliphatic carboxylic acids is 1. The summed E-state index contributed by atoms with van der Waals surface area (Å²) in [6.45, 7) is 0.959. The fourth-order valence-corrected chi connectivity index (χ4v) is 2.47. The number of amides is 2. The van der Waals surface area contributed by atoms with Gasteiger partial charge in [-0.3, -0.25) is 4.79 Å². The van der Waals surface area contributed by atoms with Crippen LogP contribution in [0, 0.1) is 11.8 Å². The van der Waals surface area contributed by atoms with Crippen LogP contribution >= 0.6 is 0 Å². The minimum Gasteiger partial charge on any atom is -0.481 e. The third kappa shape index (κ3) is 4.25. The molecule has 7 heteroatoms. The van der Waals surface area contributed by atoms with Crippen molar-refractivity contribution in [1.82, 2.24) is 20.6 Å². The number of aromatic nitrogens is 2. The van der Waals surface area contributed by atoms with Crippen LogP contribution in [0.3, 0.4) is 0 Å². The van der Waals surface area contributed by atoms with E-state index in [-0.39, 0.29) is 11.9 Å². The van der Waals surface area contributed by atoms with Gasteiger partial charge in [0.1, 0.15) is 5.82 Å². The van der Waals surface area contributed by atoms with Gasteiger partial charge < -0.3 is 20.7 Å². The van der Waals surface area contributed by atoms with E-state index in [1.54, 1.807) is 12.4 Å². The molecule has 0 bridgehead atoms. The lowest BCUT2D eigenvalue weighted by Crippen LogP contribution is -2.39. The molecule has 1 aliphatic rings. The number of H-pyrrole nitrogens is 1. The van der Waals surface area contributed by atoms with Crippen LogP contribution in [0.25, 0.3) is 0 Å². The normalized spacial score (nSPS) is 22.2. The standard InChI is InChI=1S/C13H20N4O3/c18-12(19)10-3-1-9(2-4-10)7-16-13(20)17-8-11-14-5-6-15-11/h5-6,9-10H,1-4,7-8H2,(H,14,15)(H,18,19)(H2,16,17,20). The lowest BCUT2D eigenvalue weighted by molar-refractivity contribution is -0.143. The second-order valence-electron chi connectivity index (χ2n) is 5.16. The highest BCUT2D eigenvalue weighted by Gasteiger charge is 2.25. The van der Waals surface area contributed by atoms with Gasteiger partial charge >= 0.3 is 12.0 Å². The van der Waals surface area contributed by atoms with Crippen LogP contribution in [0.5, 0.6) is 0 Å². The number of carbonyl (C=O) groups excluding carboxylic acids is 1. The van der Waals surface area contributed by atoms with Gasteiger partial charge in [-0.2, -0.15) is 0 Å². The van der Waals surface area contributed by atoms with Crippen molar-refractivity contribution < 1.29 is 14.7 Å². The maximum absolute atomic E-state index is 11.6. The Bertz CT molecular complexity index is 438. The molecule has 110 valence electrons. The number of urea groups is 1. The van der Waals surface area contributed by atoms with Crippen molar-refractivity contribution in [1.29, 1.82) is 0 Å². The summed E-state index contributed by atoms with van der Waals surface area (Å²) in [4.78, 5) is 29.3. The maximum Gasteiger partial charge on any atom is 0.315 e. The molecule has 1 heterocycles. The summed E-state index contributed by atoms with van der Waals surface area (Å²) >= 11 is 0. The third-order valence-corrected chi connectivity index (χ3v) is 3.72. The summed E-state index contributed by atoms with van der Waals surface area (Å²) in [6, 6.07) is -0.221. The quantitative estimate of drug-likeness (QED) is 0.647. The van der Waals surface area contributed by atoms with Crippen LogP contribution in [-0.2, 0) is 11.3 Å². The van der Waals surface area contributed by atoms with Gasteiger partial charge in [0.25, 0.3) is 0 Å². The van der Waals surface area contributed by atoms with Crippen molar-refractivity contribution >= 4 is 12.0 Å². The number of nitrogens with one attached hydrogen (secondary N) is 3. The van der Waals surface area contributed by atoms with E-state index in [0.29, 0.717) is 37.7 Å². The Morgan fingerprint density at radius 2 is 2.05 bits per heavy atom. The Balaban J connectivity index is 1.61. The molecule has 0 aliphatic heterocycles. The van der Waals surface area contributed by atoms with Crippen molar-refractivity contribution in [2.45, 2.75) is 32.2 Å². The number of hydrogen-bond acceptors (Lipinski definition) is 3. The summed E-state index contributed by atoms with van der Waals surface area (Å²) in [5.74, 6) is 0.175. The van der Waals surface area contributed by atoms with Crippen molar-refractivity contribution in [3.8, 4) is 0 Å². The zero-order valence-corrected chi connectivity index (χ0v) is 11.3. The van der Waals surface area contributed by atoms with Gasteiger partial charge in [-0.1, -0.05) is 0 Å². The molecule has 1 aliphatic carbocycles. The first-order valence-electron chi connectivity index (χ1n) is 6.88. The zero-order valence-electron chi connectivity index (χ0n) is 11.3. The molecule has 0 aromatic carbocycles. The Morgan fingerprint density at radius 1 is 1.30 bits per heavy atom. The highest BCUT2D eigenvalue weighted by atomic mass is 16.4. The number of aromatic amines is 1. The highest BCUT2D eigenvalue weighted by molar-refractivity contribution is 5.73. The summed E-state index contributed by atoms with van der Waals surface area (Å²) in [7, 11) is 0. The predicted octanol–water partition coefficient (Wildman–Crippen LogP) is 1.10. The number of imidazole rings is 1. The molecular formula is C13H20N4O3. The molecule has 7 nitrogen and oxygen atoms in total. The molecule has 0 radical (unpaired) electrons. The molecule has 0 spiro atoms. The van der Waals surface area contributed by atoms with E-state index in [2.05, 4.69) is 20.6 Å². The molecule has 2 rings (SSSR count). The van der Waals surface area contributed by atoms with E-state index in [4.69, 9.17) is 5.11 Å². The summed E-state index contributed by atoms with van der Waals surface area (Å²) < 4.78 is 0. The highest BCUT2D eigenvalue weighted by Crippen LogP contribution is 2.28. The number of carboxylic acid groups (broad SMARTS) is 1. The number of nitrogens with zero attached hydrogens (tertiary/aromatic N) is 1. The Hall–Kier alpha value is -2.05. The van der Waals surface area contributed by atoms with E-state index < -0.39 is 5.97 Å². The summed E-state index contributed by atoms with van der Waals surface area (Å²) in [5.41, 5.74) is 0. The fraction of sp³-hybridized carbons (Fsp3) is 0.615. The average Bonchev–Trinajstić information content (AvgIpc) is 2.96. The predicted molar refractivity (Wildman–Crippen MR) is 71.9 cm³/mol. The van der Waals surface area contributed by atoms with Crippen molar-refractivity contribution in [3.63, 3.8) is 0 Å². The van der Waals surface area contributed by atoms with Crippen LogP contribution < -0.4 is 10.6 Å². The molecule has 1 aromatic heterocycles. The van der Waals surface area contributed by atoms with Gasteiger partial charge in [0.05, 0.1) is 12.5 Å². The summed E-state index contributed by atoms with van der Waals surface area (Å²) in [6.07, 6.45) is 6.46. The van der Waals surface area contributed by atoms with Crippen LogP contribution in [0.2, 0.25) is 0 Å². The lowest BCUT2D eigenvalue weighted by Gasteiger charge is -2.26. The molecule has 20 heavy (non-hydrogen) atoms. The van der Waals surface area contributed by atoms with Gasteiger partial charge in [0.2, 0.25) is 0 Å². The first-order valence-corrected chi connectivity index (χ1v) is 6.88. The van der Waals surface area contributed by atoms with Crippen LogP contribution in [0.1, 0.15) is 31.5 Å². The third-order valence-electron chi connectivity index (χ3n) is 3.72. The van der Waals surface area contributed by atoms with Crippen molar-refractivity contribution in [2.75, 3.05) is 6.54 Å². The average molecular weight is 280 g/mol. The molecule has 0 saturated heterocycles. The van der Waals surface area contributed by atoms with E-state index in [1.165, 1.54) is 0 Å². The number of rotatable bonds is 5. The van der Waals surface area contributed by atoms with Gasteiger partial charge in [0.15, 0.2) is 0 Å². The smallest absolute Gasteiger partial charge is 0.315 e. The molecule has 2 amide bonds. The summed E-state index contributed by atoms with van der Waals surface area (Å²) in [5, 5.41) is 14.4. The Morgan fingerprint density at radius 3 is 2.65 bits per heavy atom. The first kappa shape index (κ1) is 14.4. The van der Waals surface area contributed by atoms with Crippen LogP contribution in [0.15, 0.2) is 12.4 Å². The minimum atomic E-state index is -0.701. The minimum absolute atomic E-state index is 0.209. The van der Waals surface area contributed by atoms with Gasteiger partial charge in [-0.15, -0.1) is 0 Å². The zero-order chi connectivity index (χ0) is 14.4. The molecular weight excluding hydrogens is 260 g/mol. The van der Waals surface area contributed by atoms with E-state index in [1.807, 2.05) is 0 Å². The monoisotopic (exact) mass is 280 g/mol. The lowest BCUT2D eigenvalue weighted by atomic mass is 9.82. The van der Waals surface area contributed by atoms with Gasteiger partial charge in [-0.05, 0) is 31.6 Å². The van der Waals surface area contributed by atoms with E-state index in [0.717, 1.165) is 12.8 Å². The SMILES string of the molecule is O=C(NCc1ncc[nH]1)NCC1CCC(C(=O)O)CC1. The molecule has 0 unspecified atom stereocenters. The van der Waals surface area contributed by atoms with Crippen molar-refractivity contribution in [3.05, 3.63) is 18.2 Å². The molecule has 1 fully saturated rings. The number of carboxylic acids is 1.